The first-order chi connectivity index (χ1) is 15.9. The number of benzene rings is 1. The molecule has 34 heavy (non-hydrogen) atoms. The minimum Gasteiger partial charge on any atom is -0.487 e. The molecular formula is C25H37N3O5S. The van der Waals surface area contributed by atoms with Crippen LogP contribution in [0.1, 0.15) is 71.0 Å². The van der Waals surface area contributed by atoms with Crippen LogP contribution in [-0.2, 0) is 20.9 Å². The van der Waals surface area contributed by atoms with E-state index >= 15 is 0 Å². The average Bonchev–Trinajstić information content (AvgIpc) is 3.21. The van der Waals surface area contributed by atoms with Gasteiger partial charge < -0.3 is 19.5 Å². The lowest BCUT2D eigenvalue weighted by molar-refractivity contribution is -0.138. The maximum absolute atomic E-state index is 11.8. The monoisotopic (exact) mass is 491 g/mol. The molecule has 2 N–H and O–H groups in total. The van der Waals surface area contributed by atoms with Crippen molar-refractivity contribution in [2.75, 3.05) is 18.4 Å². The number of aromatic nitrogens is 1. The maximum atomic E-state index is 11.8. The molecule has 0 atom stereocenters. The molecule has 1 fully saturated rings. The van der Waals surface area contributed by atoms with Crippen LogP contribution in [0.4, 0.5) is 10.5 Å². The summed E-state index contributed by atoms with van der Waals surface area (Å²) >= 11 is 1.72. The van der Waals surface area contributed by atoms with E-state index in [1.54, 1.807) is 23.5 Å². The third-order valence-corrected chi connectivity index (χ3v) is 5.60. The third-order valence-electron chi connectivity index (χ3n) is 4.55. The number of nitrogens with one attached hydrogen (secondary N) is 2. The van der Waals surface area contributed by atoms with Crippen LogP contribution in [0.15, 0.2) is 29.6 Å². The fraction of sp³-hybridized carbons (Fsp3) is 0.560. The van der Waals surface area contributed by atoms with Gasteiger partial charge in [0.1, 0.15) is 23.6 Å². The number of anilines is 1. The lowest BCUT2D eigenvalue weighted by Crippen LogP contribution is -2.27. The predicted octanol–water partition coefficient (Wildman–Crippen LogP) is 5.49. The number of ether oxygens (including phenoxy) is 3. The number of amides is 1. The van der Waals surface area contributed by atoms with Gasteiger partial charge in [0.25, 0.3) is 6.47 Å². The second-order valence-corrected chi connectivity index (χ2v) is 10.9. The number of carbonyl (C=O) groups excluding carboxylic acids is 2. The van der Waals surface area contributed by atoms with Crippen molar-refractivity contribution in [3.8, 4) is 5.75 Å². The van der Waals surface area contributed by atoms with E-state index in [2.05, 4.69) is 20.8 Å². The molecule has 8 nitrogen and oxygen atoms in total. The Hall–Kier alpha value is -2.65. The SMILES string of the molecule is CC(C)(C)OC(=O)Nc1ccc(OCc2csc(C3CCNCC3)n2)cc1.CC(C)(C)OC=O. The highest BCUT2D eigenvalue weighted by molar-refractivity contribution is 7.09. The van der Waals surface area contributed by atoms with Gasteiger partial charge in [-0.2, -0.15) is 0 Å². The Balaban J connectivity index is 0.000000509. The highest BCUT2D eigenvalue weighted by atomic mass is 32.1. The summed E-state index contributed by atoms with van der Waals surface area (Å²) in [6, 6.07) is 7.24. The molecule has 2 aromatic rings. The normalized spacial score (nSPS) is 14.4. The summed E-state index contributed by atoms with van der Waals surface area (Å²) in [5.41, 5.74) is 0.790. The number of carbonyl (C=O) groups is 2. The van der Waals surface area contributed by atoms with Gasteiger partial charge in [-0.05, 0) is 91.7 Å². The molecule has 188 valence electrons. The smallest absolute Gasteiger partial charge is 0.412 e. The van der Waals surface area contributed by atoms with E-state index in [0.717, 1.165) is 37.4 Å². The molecule has 1 saturated heterocycles. The Morgan fingerprint density at radius 1 is 1.12 bits per heavy atom. The Morgan fingerprint density at radius 2 is 1.76 bits per heavy atom. The standard InChI is InChI=1S/C20H27N3O3S.C5H10O2/c1-20(2,3)26-19(24)23-15-4-6-17(7-5-15)25-12-16-13-27-18(22-16)14-8-10-21-11-9-14;1-5(2,3)7-4-6/h4-7,13-14,21H,8-12H2,1-3H3,(H,23,24);4H,1-3H3. The van der Waals surface area contributed by atoms with Crippen molar-refractivity contribution >= 4 is 29.6 Å². The van der Waals surface area contributed by atoms with E-state index in [0.29, 0.717) is 24.7 Å². The summed E-state index contributed by atoms with van der Waals surface area (Å²) in [6.45, 7) is 14.0. The van der Waals surface area contributed by atoms with E-state index in [1.807, 2.05) is 53.7 Å². The number of hydrogen-bond acceptors (Lipinski definition) is 8. The van der Waals surface area contributed by atoms with E-state index in [9.17, 15) is 9.59 Å². The van der Waals surface area contributed by atoms with Gasteiger partial charge in [0.05, 0.1) is 10.7 Å². The summed E-state index contributed by atoms with van der Waals surface area (Å²) in [5, 5.41) is 9.38. The van der Waals surface area contributed by atoms with Gasteiger partial charge in [-0.3, -0.25) is 10.1 Å². The first-order valence-corrected chi connectivity index (χ1v) is 12.3. The van der Waals surface area contributed by atoms with Gasteiger partial charge in [0, 0.05) is 17.0 Å². The second-order valence-electron chi connectivity index (χ2n) is 9.97. The summed E-state index contributed by atoms with van der Waals surface area (Å²) in [6.07, 6.45) is 1.84. The van der Waals surface area contributed by atoms with Gasteiger partial charge in [-0.25, -0.2) is 9.78 Å². The van der Waals surface area contributed by atoms with Crippen LogP contribution in [0.2, 0.25) is 0 Å². The van der Waals surface area contributed by atoms with Gasteiger partial charge in [-0.15, -0.1) is 11.3 Å². The first-order valence-electron chi connectivity index (χ1n) is 11.4. The van der Waals surface area contributed by atoms with Crippen molar-refractivity contribution in [3.63, 3.8) is 0 Å². The van der Waals surface area contributed by atoms with Gasteiger partial charge in [0.15, 0.2) is 0 Å². The number of rotatable bonds is 6. The molecule has 1 aromatic heterocycles. The minimum atomic E-state index is -0.520. The molecule has 1 aliphatic rings. The Morgan fingerprint density at radius 3 is 2.29 bits per heavy atom. The Kier molecular flexibility index (Phi) is 10.3. The average molecular weight is 492 g/mol. The van der Waals surface area contributed by atoms with Crippen molar-refractivity contribution in [1.82, 2.24) is 10.3 Å². The summed E-state index contributed by atoms with van der Waals surface area (Å²) in [7, 11) is 0. The van der Waals surface area contributed by atoms with Crippen molar-refractivity contribution in [2.24, 2.45) is 0 Å². The zero-order valence-corrected chi connectivity index (χ0v) is 21.8. The van der Waals surface area contributed by atoms with Crippen LogP contribution in [0.5, 0.6) is 5.75 Å². The van der Waals surface area contributed by atoms with Gasteiger partial charge >= 0.3 is 6.09 Å². The summed E-state index contributed by atoms with van der Waals surface area (Å²) in [5.74, 6) is 1.31. The lowest BCUT2D eigenvalue weighted by atomic mass is 9.99. The van der Waals surface area contributed by atoms with Crippen molar-refractivity contribution in [2.45, 2.75) is 78.1 Å². The van der Waals surface area contributed by atoms with Crippen LogP contribution in [-0.4, -0.2) is 41.8 Å². The third kappa shape index (κ3) is 11.0. The molecule has 0 spiro atoms. The molecule has 3 rings (SSSR count). The molecule has 0 unspecified atom stereocenters. The van der Waals surface area contributed by atoms with Crippen molar-refractivity contribution in [3.05, 3.63) is 40.3 Å². The number of piperidine rings is 1. The van der Waals surface area contributed by atoms with E-state index in [1.165, 1.54) is 5.01 Å². The van der Waals surface area contributed by atoms with Crippen LogP contribution in [0.3, 0.4) is 0 Å². The Bertz CT molecular complexity index is 895. The first kappa shape index (κ1) is 27.6. The zero-order chi connectivity index (χ0) is 25.2. The largest absolute Gasteiger partial charge is 0.487 e. The zero-order valence-electron chi connectivity index (χ0n) is 21.0. The van der Waals surface area contributed by atoms with E-state index in [4.69, 9.17) is 14.5 Å². The fourth-order valence-electron chi connectivity index (χ4n) is 3.00. The maximum Gasteiger partial charge on any atom is 0.412 e. The minimum absolute atomic E-state index is 0.318. The summed E-state index contributed by atoms with van der Waals surface area (Å²) in [4.78, 5) is 26.1. The number of hydrogen-bond donors (Lipinski definition) is 2. The second kappa shape index (κ2) is 12.7. The van der Waals surface area contributed by atoms with Crippen molar-refractivity contribution < 1.29 is 23.8 Å². The highest BCUT2D eigenvalue weighted by Crippen LogP contribution is 2.28. The molecule has 1 aliphatic heterocycles. The quantitative estimate of drug-likeness (QED) is 0.515. The van der Waals surface area contributed by atoms with Crippen LogP contribution >= 0.6 is 11.3 Å². The molecule has 0 aliphatic carbocycles. The van der Waals surface area contributed by atoms with E-state index < -0.39 is 11.7 Å². The molecule has 0 bridgehead atoms. The van der Waals surface area contributed by atoms with Crippen LogP contribution < -0.4 is 15.4 Å². The van der Waals surface area contributed by atoms with Gasteiger partial charge in [0.2, 0.25) is 0 Å². The van der Waals surface area contributed by atoms with Crippen LogP contribution in [0.25, 0.3) is 0 Å². The predicted molar refractivity (Wildman–Crippen MR) is 134 cm³/mol. The fourth-order valence-corrected chi connectivity index (χ4v) is 3.98. The topological polar surface area (TPSA) is 98.8 Å². The molecule has 1 aromatic carbocycles. The van der Waals surface area contributed by atoms with Crippen molar-refractivity contribution in [1.29, 1.82) is 0 Å². The molecule has 9 heteroatoms. The molecule has 2 heterocycles. The Labute approximate surface area is 206 Å². The molecule has 1 amide bonds. The van der Waals surface area contributed by atoms with Gasteiger partial charge in [-0.1, -0.05) is 0 Å². The number of thiazole rings is 1. The molecule has 0 radical (unpaired) electrons. The molecular weight excluding hydrogens is 454 g/mol. The number of nitrogens with zero attached hydrogens (tertiary/aromatic N) is 1. The van der Waals surface area contributed by atoms with E-state index in [-0.39, 0.29) is 5.60 Å². The highest BCUT2D eigenvalue weighted by Gasteiger charge is 2.19. The summed E-state index contributed by atoms with van der Waals surface area (Å²) < 4.78 is 15.6. The molecule has 0 saturated carbocycles. The lowest BCUT2D eigenvalue weighted by Gasteiger charge is -2.20. The van der Waals surface area contributed by atoms with Crippen LogP contribution in [0, 0.1) is 0 Å².